The molecule has 4 N–H and O–H groups in total. The Morgan fingerprint density at radius 1 is 1.00 bits per heavy atom. The van der Waals surface area contributed by atoms with Gasteiger partial charge in [0.05, 0.1) is 13.2 Å². The van der Waals surface area contributed by atoms with Gasteiger partial charge in [0.15, 0.2) is 11.5 Å². The summed E-state index contributed by atoms with van der Waals surface area (Å²) in [5.74, 6) is 0.944. The largest absolute Gasteiger partial charge is 0.493 e. The van der Waals surface area contributed by atoms with Crippen LogP contribution in [0.3, 0.4) is 0 Å². The number of benzene rings is 2. The molecule has 0 aromatic heterocycles. The zero-order valence-electron chi connectivity index (χ0n) is 15.2. The highest BCUT2D eigenvalue weighted by molar-refractivity contribution is 6.05. The molecule has 0 saturated heterocycles. The second kappa shape index (κ2) is 8.44. The maximum absolute atomic E-state index is 12.5. The highest BCUT2D eigenvalue weighted by atomic mass is 16.5. The summed E-state index contributed by atoms with van der Waals surface area (Å²) in [5.41, 5.74) is 6.56. The van der Waals surface area contributed by atoms with Crippen molar-refractivity contribution in [2.75, 3.05) is 17.7 Å². The van der Waals surface area contributed by atoms with Crippen molar-refractivity contribution < 1.29 is 19.1 Å². The zero-order chi connectivity index (χ0) is 19.2. The van der Waals surface area contributed by atoms with E-state index in [0.717, 1.165) is 12.8 Å². The number of anilines is 2. The van der Waals surface area contributed by atoms with Crippen LogP contribution in [0.1, 0.15) is 36.0 Å². The maximum Gasteiger partial charge on any atom is 0.316 e. The molecule has 3 rings (SSSR count). The van der Waals surface area contributed by atoms with Gasteiger partial charge in [-0.15, -0.1) is 0 Å². The minimum Gasteiger partial charge on any atom is -0.493 e. The van der Waals surface area contributed by atoms with Crippen LogP contribution in [0.5, 0.6) is 11.5 Å². The number of primary amides is 1. The summed E-state index contributed by atoms with van der Waals surface area (Å²) in [6.45, 7) is 0. The highest BCUT2D eigenvalue weighted by Gasteiger charge is 2.19. The SMILES string of the molecule is COc1ccc(NC(=O)c2cccc(NC(N)=O)c2)cc1OC1CCCC1. The number of ether oxygens (including phenoxy) is 2. The average molecular weight is 369 g/mol. The van der Waals surface area contributed by atoms with Crippen LogP contribution >= 0.6 is 0 Å². The van der Waals surface area contributed by atoms with Gasteiger partial charge in [0.25, 0.3) is 5.91 Å². The molecule has 0 heterocycles. The number of nitrogens with one attached hydrogen (secondary N) is 2. The summed E-state index contributed by atoms with van der Waals surface area (Å²) in [6.07, 6.45) is 4.57. The lowest BCUT2D eigenvalue weighted by Crippen LogP contribution is -2.20. The van der Waals surface area contributed by atoms with Crippen molar-refractivity contribution in [1.82, 2.24) is 0 Å². The molecule has 142 valence electrons. The van der Waals surface area contributed by atoms with Gasteiger partial charge in [0, 0.05) is 23.0 Å². The Balaban J connectivity index is 1.74. The van der Waals surface area contributed by atoms with Crippen LogP contribution in [0.25, 0.3) is 0 Å². The van der Waals surface area contributed by atoms with E-state index in [4.69, 9.17) is 15.2 Å². The standard InChI is InChI=1S/C20H23N3O4/c1-26-17-10-9-15(12-18(17)27-16-7-2-3-8-16)22-19(24)13-5-4-6-14(11-13)23-20(21)25/h4-6,9-12,16H,2-3,7-8H2,1H3,(H,22,24)(H3,21,23,25). The van der Waals surface area contributed by atoms with Crippen molar-refractivity contribution >= 4 is 23.3 Å². The van der Waals surface area contributed by atoms with E-state index >= 15 is 0 Å². The molecule has 27 heavy (non-hydrogen) atoms. The summed E-state index contributed by atoms with van der Waals surface area (Å²) in [7, 11) is 1.59. The molecule has 0 spiro atoms. The Morgan fingerprint density at radius 2 is 1.74 bits per heavy atom. The Bertz CT molecular complexity index is 832. The summed E-state index contributed by atoms with van der Waals surface area (Å²) in [4.78, 5) is 23.5. The number of amides is 3. The third-order valence-electron chi connectivity index (χ3n) is 4.41. The van der Waals surface area contributed by atoms with Gasteiger partial charge in [0.1, 0.15) is 0 Å². The van der Waals surface area contributed by atoms with E-state index in [1.54, 1.807) is 49.6 Å². The molecular weight excluding hydrogens is 346 g/mol. The summed E-state index contributed by atoms with van der Waals surface area (Å²) in [6, 6.07) is 11.1. The van der Waals surface area contributed by atoms with E-state index in [1.807, 2.05) is 0 Å². The number of urea groups is 1. The molecule has 1 fully saturated rings. The molecule has 7 heteroatoms. The number of carbonyl (C=O) groups is 2. The van der Waals surface area contributed by atoms with E-state index in [0.29, 0.717) is 28.4 Å². The molecule has 0 atom stereocenters. The molecule has 1 saturated carbocycles. The number of rotatable bonds is 6. The van der Waals surface area contributed by atoms with Crippen LogP contribution < -0.4 is 25.8 Å². The summed E-state index contributed by atoms with van der Waals surface area (Å²) >= 11 is 0. The van der Waals surface area contributed by atoms with E-state index in [1.165, 1.54) is 12.8 Å². The first-order chi connectivity index (χ1) is 13.0. The third kappa shape index (κ3) is 4.91. The number of nitrogens with two attached hydrogens (primary N) is 1. The fourth-order valence-corrected chi connectivity index (χ4v) is 3.12. The van der Waals surface area contributed by atoms with Crippen molar-refractivity contribution in [2.24, 2.45) is 5.73 Å². The van der Waals surface area contributed by atoms with Gasteiger partial charge in [-0.05, 0) is 56.0 Å². The van der Waals surface area contributed by atoms with Gasteiger partial charge in [-0.25, -0.2) is 4.79 Å². The minimum absolute atomic E-state index is 0.182. The van der Waals surface area contributed by atoms with Crippen LogP contribution in [0.4, 0.5) is 16.2 Å². The fraction of sp³-hybridized carbons (Fsp3) is 0.300. The van der Waals surface area contributed by atoms with Crippen molar-refractivity contribution in [2.45, 2.75) is 31.8 Å². The van der Waals surface area contributed by atoms with Gasteiger partial charge in [-0.1, -0.05) is 6.07 Å². The molecule has 0 radical (unpaired) electrons. The monoisotopic (exact) mass is 369 g/mol. The Kier molecular flexibility index (Phi) is 5.80. The van der Waals surface area contributed by atoms with Crippen molar-refractivity contribution in [1.29, 1.82) is 0 Å². The normalized spacial score (nSPS) is 13.8. The van der Waals surface area contributed by atoms with Crippen LogP contribution in [-0.4, -0.2) is 25.2 Å². The first-order valence-corrected chi connectivity index (χ1v) is 8.88. The molecule has 3 amide bonds. The second-order valence-electron chi connectivity index (χ2n) is 6.41. The first kappa shape index (κ1) is 18.6. The quantitative estimate of drug-likeness (QED) is 0.721. The minimum atomic E-state index is -0.684. The van der Waals surface area contributed by atoms with Gasteiger partial charge >= 0.3 is 6.03 Å². The Morgan fingerprint density at radius 3 is 2.44 bits per heavy atom. The lowest BCUT2D eigenvalue weighted by molar-refractivity contribution is 0.102. The van der Waals surface area contributed by atoms with Crippen molar-refractivity contribution in [3.8, 4) is 11.5 Å². The second-order valence-corrected chi connectivity index (χ2v) is 6.41. The van der Waals surface area contributed by atoms with Gasteiger partial charge in [-0.2, -0.15) is 0 Å². The number of hydrogen-bond donors (Lipinski definition) is 3. The molecule has 2 aromatic carbocycles. The van der Waals surface area contributed by atoms with Crippen LogP contribution in [0, 0.1) is 0 Å². The molecular formula is C20H23N3O4. The zero-order valence-corrected chi connectivity index (χ0v) is 15.2. The maximum atomic E-state index is 12.5. The Labute approximate surface area is 157 Å². The number of hydrogen-bond acceptors (Lipinski definition) is 4. The van der Waals surface area contributed by atoms with E-state index in [9.17, 15) is 9.59 Å². The fourth-order valence-electron chi connectivity index (χ4n) is 3.12. The predicted octanol–water partition coefficient (Wildman–Crippen LogP) is 3.76. The molecule has 0 unspecified atom stereocenters. The van der Waals surface area contributed by atoms with Crippen LogP contribution in [-0.2, 0) is 0 Å². The predicted molar refractivity (Wildman–Crippen MR) is 103 cm³/mol. The highest BCUT2D eigenvalue weighted by Crippen LogP contribution is 2.34. The molecule has 0 bridgehead atoms. The molecule has 2 aromatic rings. The molecule has 7 nitrogen and oxygen atoms in total. The van der Waals surface area contributed by atoms with Crippen molar-refractivity contribution in [3.63, 3.8) is 0 Å². The van der Waals surface area contributed by atoms with E-state index in [2.05, 4.69) is 10.6 Å². The van der Waals surface area contributed by atoms with Crippen molar-refractivity contribution in [3.05, 3.63) is 48.0 Å². The summed E-state index contributed by atoms with van der Waals surface area (Å²) in [5, 5.41) is 5.29. The third-order valence-corrected chi connectivity index (χ3v) is 4.41. The van der Waals surface area contributed by atoms with Crippen LogP contribution in [0.15, 0.2) is 42.5 Å². The van der Waals surface area contributed by atoms with E-state index in [-0.39, 0.29) is 12.0 Å². The average Bonchev–Trinajstić information content (AvgIpc) is 3.15. The summed E-state index contributed by atoms with van der Waals surface area (Å²) < 4.78 is 11.4. The van der Waals surface area contributed by atoms with Gasteiger partial charge in [-0.3, -0.25) is 4.79 Å². The van der Waals surface area contributed by atoms with E-state index < -0.39 is 6.03 Å². The topological polar surface area (TPSA) is 103 Å². The lowest BCUT2D eigenvalue weighted by Gasteiger charge is -2.17. The van der Waals surface area contributed by atoms with Gasteiger partial charge < -0.3 is 25.8 Å². The van der Waals surface area contributed by atoms with Crippen LogP contribution in [0.2, 0.25) is 0 Å². The smallest absolute Gasteiger partial charge is 0.316 e. The Hall–Kier alpha value is -3.22. The molecule has 0 aliphatic heterocycles. The first-order valence-electron chi connectivity index (χ1n) is 8.88. The molecule has 1 aliphatic rings. The number of methoxy groups -OCH3 is 1. The number of carbonyl (C=O) groups excluding carboxylic acids is 2. The molecule has 1 aliphatic carbocycles. The van der Waals surface area contributed by atoms with Gasteiger partial charge in [0.2, 0.25) is 0 Å². The lowest BCUT2D eigenvalue weighted by atomic mass is 10.1.